The molecule has 0 saturated heterocycles. The normalized spacial score (nSPS) is 18.2. The van der Waals surface area contributed by atoms with Crippen LogP contribution < -0.4 is 15.4 Å². The van der Waals surface area contributed by atoms with Crippen LogP contribution in [0.4, 0.5) is 0 Å². The topological polar surface area (TPSA) is 104 Å². The number of fused-ring (bicyclic) bond motifs is 7. The van der Waals surface area contributed by atoms with Crippen molar-refractivity contribution in [2.75, 3.05) is 7.11 Å². The molecule has 0 fully saturated rings. The van der Waals surface area contributed by atoms with Crippen molar-refractivity contribution >= 4 is 28.6 Å². The Kier molecular flexibility index (Phi) is 6.54. The van der Waals surface area contributed by atoms with E-state index >= 15 is 0 Å². The third-order valence-electron chi connectivity index (χ3n) is 8.00. The van der Waals surface area contributed by atoms with E-state index in [4.69, 9.17) is 4.74 Å². The summed E-state index contributed by atoms with van der Waals surface area (Å²) in [6.45, 7) is 4.10. The van der Waals surface area contributed by atoms with Crippen LogP contribution in [0.25, 0.3) is 10.9 Å². The zero-order valence-electron chi connectivity index (χ0n) is 22.7. The summed E-state index contributed by atoms with van der Waals surface area (Å²) in [6.07, 6.45) is 0.359. The summed E-state index contributed by atoms with van der Waals surface area (Å²) in [7, 11) is 1.60. The van der Waals surface area contributed by atoms with Gasteiger partial charge < -0.3 is 25.3 Å². The smallest absolute Gasteiger partial charge is 0.255 e. The lowest BCUT2D eigenvalue weighted by molar-refractivity contribution is -0.133. The number of nitrogens with zero attached hydrogens (tertiary/aromatic N) is 1. The Morgan fingerprint density at radius 1 is 1.05 bits per heavy atom. The van der Waals surface area contributed by atoms with Gasteiger partial charge in [-0.1, -0.05) is 62.4 Å². The van der Waals surface area contributed by atoms with E-state index < -0.39 is 18.1 Å². The van der Waals surface area contributed by atoms with E-state index in [-0.39, 0.29) is 23.6 Å². The highest BCUT2D eigenvalue weighted by Gasteiger charge is 2.49. The van der Waals surface area contributed by atoms with Crippen LogP contribution in [0.5, 0.6) is 5.75 Å². The molecule has 2 aliphatic rings. The molecule has 6 rings (SSSR count). The molecule has 8 heteroatoms. The maximum absolute atomic E-state index is 14.0. The Bertz CT molecular complexity index is 1620. The van der Waals surface area contributed by atoms with Crippen LogP contribution in [0.3, 0.4) is 0 Å². The van der Waals surface area contributed by atoms with Gasteiger partial charge in [-0.05, 0) is 46.9 Å². The largest absolute Gasteiger partial charge is 0.497 e. The van der Waals surface area contributed by atoms with Crippen LogP contribution in [0, 0.1) is 5.92 Å². The number of aromatic nitrogens is 1. The van der Waals surface area contributed by atoms with Gasteiger partial charge in [0.15, 0.2) is 0 Å². The van der Waals surface area contributed by atoms with Gasteiger partial charge in [-0.15, -0.1) is 0 Å². The van der Waals surface area contributed by atoms with Gasteiger partial charge in [-0.3, -0.25) is 14.4 Å². The molecule has 204 valence electrons. The van der Waals surface area contributed by atoms with E-state index in [1.165, 1.54) is 0 Å². The van der Waals surface area contributed by atoms with E-state index in [1.54, 1.807) is 12.0 Å². The summed E-state index contributed by atoms with van der Waals surface area (Å²) in [5, 5.41) is 6.99. The molecular formula is C32H32N4O4. The summed E-state index contributed by atoms with van der Waals surface area (Å²) in [5.74, 6) is -0.239. The standard InChI is InChI=1S/C32H32N4O4/c1-18(2)27(31(38)33-17-19-9-8-10-20(15-19)40-3)35-30(37)26-16-24-21-11-6-7-14-25(21)34-28(24)29-22-12-4-5-13-23(22)32(39)36(26)29/h4-15,18,26-27,29,34H,16-17H2,1-3H3,(H,33,38)(H,35,37)/t26-,27-,29-/m1/s1. The van der Waals surface area contributed by atoms with Crippen molar-refractivity contribution < 1.29 is 19.1 Å². The molecular weight excluding hydrogens is 504 g/mol. The molecule has 8 nitrogen and oxygen atoms in total. The van der Waals surface area contributed by atoms with Gasteiger partial charge in [-0.2, -0.15) is 0 Å². The van der Waals surface area contributed by atoms with Crippen LogP contribution in [-0.4, -0.2) is 46.8 Å². The minimum atomic E-state index is -0.763. The van der Waals surface area contributed by atoms with Crippen molar-refractivity contribution in [2.24, 2.45) is 5.92 Å². The number of methoxy groups -OCH3 is 1. The minimum Gasteiger partial charge on any atom is -0.497 e. The van der Waals surface area contributed by atoms with E-state index in [9.17, 15) is 14.4 Å². The Hall–Kier alpha value is -4.59. The Morgan fingerprint density at radius 2 is 1.82 bits per heavy atom. The van der Waals surface area contributed by atoms with Crippen molar-refractivity contribution in [1.82, 2.24) is 20.5 Å². The molecule has 0 bridgehead atoms. The summed E-state index contributed by atoms with van der Waals surface area (Å²) >= 11 is 0. The first-order valence-corrected chi connectivity index (χ1v) is 13.6. The number of hydrogen-bond donors (Lipinski definition) is 3. The predicted octanol–water partition coefficient (Wildman–Crippen LogP) is 4.10. The number of para-hydroxylation sites is 1. The molecule has 3 atom stereocenters. The van der Waals surface area contributed by atoms with Gasteiger partial charge in [0.1, 0.15) is 17.8 Å². The van der Waals surface area contributed by atoms with E-state index in [0.29, 0.717) is 24.3 Å². The minimum absolute atomic E-state index is 0.163. The second kappa shape index (κ2) is 10.2. The number of rotatable bonds is 7. The number of aromatic amines is 1. The average Bonchev–Trinajstić information content (AvgIpc) is 3.49. The lowest BCUT2D eigenvalue weighted by Gasteiger charge is -2.38. The van der Waals surface area contributed by atoms with Crippen LogP contribution in [0.15, 0.2) is 72.8 Å². The lowest BCUT2D eigenvalue weighted by Crippen LogP contribution is -2.57. The van der Waals surface area contributed by atoms with E-state index in [1.807, 2.05) is 86.6 Å². The maximum atomic E-state index is 14.0. The summed E-state index contributed by atoms with van der Waals surface area (Å²) in [5.41, 5.74) is 5.33. The van der Waals surface area contributed by atoms with E-state index in [2.05, 4.69) is 15.6 Å². The van der Waals surface area contributed by atoms with Crippen LogP contribution in [0.2, 0.25) is 0 Å². The maximum Gasteiger partial charge on any atom is 0.255 e. The second-order valence-electron chi connectivity index (χ2n) is 10.8. The molecule has 0 saturated carbocycles. The number of carbonyl (C=O) groups is 3. The highest BCUT2D eigenvalue weighted by Crippen LogP contribution is 2.46. The second-order valence-corrected chi connectivity index (χ2v) is 10.8. The van der Waals surface area contributed by atoms with Crippen molar-refractivity contribution in [3.05, 3.63) is 101 Å². The molecule has 0 radical (unpaired) electrons. The number of ether oxygens (including phenoxy) is 1. The van der Waals surface area contributed by atoms with Crippen LogP contribution >= 0.6 is 0 Å². The fourth-order valence-electron chi connectivity index (χ4n) is 6.00. The van der Waals surface area contributed by atoms with Gasteiger partial charge in [0.2, 0.25) is 11.8 Å². The third kappa shape index (κ3) is 4.29. The third-order valence-corrected chi connectivity index (χ3v) is 8.00. The molecule has 4 aromatic rings. The van der Waals surface area contributed by atoms with Crippen LogP contribution in [-0.2, 0) is 22.6 Å². The summed E-state index contributed by atoms with van der Waals surface area (Å²) < 4.78 is 5.28. The van der Waals surface area contributed by atoms with Gasteiger partial charge in [0.25, 0.3) is 5.91 Å². The molecule has 40 heavy (non-hydrogen) atoms. The Balaban J connectivity index is 1.29. The fourth-order valence-corrected chi connectivity index (χ4v) is 6.00. The molecule has 0 spiro atoms. The average molecular weight is 537 g/mol. The van der Waals surface area contributed by atoms with Crippen molar-refractivity contribution in [1.29, 1.82) is 0 Å². The number of amides is 3. The van der Waals surface area contributed by atoms with E-state index in [0.717, 1.165) is 33.3 Å². The van der Waals surface area contributed by atoms with Crippen molar-refractivity contribution in [3.8, 4) is 5.75 Å². The SMILES string of the molecule is COc1cccc(CNC(=O)[C@H](NC(=O)[C@H]2Cc3c([nH]c4ccccc34)[C@H]3c4ccccc4C(=O)N32)C(C)C)c1. The van der Waals surface area contributed by atoms with Crippen LogP contribution in [0.1, 0.15) is 52.6 Å². The van der Waals surface area contributed by atoms with Crippen molar-refractivity contribution in [2.45, 2.75) is 44.9 Å². The molecule has 3 heterocycles. The van der Waals surface area contributed by atoms with Gasteiger partial charge in [-0.25, -0.2) is 0 Å². The molecule has 1 aromatic heterocycles. The quantitative estimate of drug-likeness (QED) is 0.331. The monoisotopic (exact) mass is 536 g/mol. The first kappa shape index (κ1) is 25.7. The van der Waals surface area contributed by atoms with Gasteiger partial charge in [0.05, 0.1) is 13.2 Å². The number of benzene rings is 3. The first-order valence-electron chi connectivity index (χ1n) is 13.6. The molecule has 3 aromatic carbocycles. The Morgan fingerprint density at radius 3 is 2.62 bits per heavy atom. The number of carbonyl (C=O) groups excluding carboxylic acids is 3. The summed E-state index contributed by atoms with van der Waals surface area (Å²) in [6, 6.07) is 21.1. The molecule has 0 aliphatic carbocycles. The Labute approximate surface area is 232 Å². The molecule has 0 unspecified atom stereocenters. The zero-order valence-corrected chi connectivity index (χ0v) is 22.7. The van der Waals surface area contributed by atoms with Gasteiger partial charge in [0, 0.05) is 35.1 Å². The highest BCUT2D eigenvalue weighted by molar-refractivity contribution is 6.04. The number of nitrogens with one attached hydrogen (secondary N) is 3. The predicted molar refractivity (Wildman–Crippen MR) is 152 cm³/mol. The highest BCUT2D eigenvalue weighted by atomic mass is 16.5. The van der Waals surface area contributed by atoms with Gasteiger partial charge >= 0.3 is 0 Å². The summed E-state index contributed by atoms with van der Waals surface area (Å²) in [4.78, 5) is 46.2. The molecule has 2 aliphatic heterocycles. The number of H-pyrrole nitrogens is 1. The fraction of sp³-hybridized carbons (Fsp3) is 0.281. The number of hydrogen-bond acceptors (Lipinski definition) is 4. The lowest BCUT2D eigenvalue weighted by atomic mass is 9.89. The first-order chi connectivity index (χ1) is 19.4. The zero-order chi connectivity index (χ0) is 28.0. The molecule has 3 N–H and O–H groups in total. The molecule has 3 amide bonds. The van der Waals surface area contributed by atoms with Crippen molar-refractivity contribution in [3.63, 3.8) is 0 Å².